The maximum atomic E-state index is 2.48. The molecule has 0 aromatic rings. The molecule has 0 aromatic carbocycles. The molecule has 0 spiro atoms. The van der Waals surface area contributed by atoms with Gasteiger partial charge in [-0.25, -0.2) is 0 Å². The molecule has 0 N–H and O–H groups in total. The molecule has 0 bridgehead atoms. The van der Waals surface area contributed by atoms with Crippen molar-refractivity contribution >= 4 is 22.6 Å². The van der Waals surface area contributed by atoms with Crippen LogP contribution in [0.3, 0.4) is 0 Å². The Bertz CT molecular complexity index is 403. The first-order valence-electron chi connectivity index (χ1n) is 5.41. The Morgan fingerprint density at radius 3 is 3.07 bits per heavy atom. The molecule has 0 atom stereocenters. The van der Waals surface area contributed by atoms with Crippen LogP contribution in [-0.4, -0.2) is 0 Å². The number of hydrogen-bond donors (Lipinski definition) is 0. The van der Waals surface area contributed by atoms with Crippen molar-refractivity contribution in [3.8, 4) is 0 Å². The fourth-order valence-corrected chi connectivity index (χ4v) is 2.88. The summed E-state index contributed by atoms with van der Waals surface area (Å²) in [5.41, 5.74) is 4.43. The first-order valence-corrected chi connectivity index (χ1v) is 6.48. The second kappa shape index (κ2) is 4.97. The van der Waals surface area contributed by atoms with Crippen molar-refractivity contribution in [2.45, 2.75) is 26.2 Å². The SMILES string of the molecule is C/C=C\C=C1/CC=C2CCC=CC2=C1I. The van der Waals surface area contributed by atoms with Gasteiger partial charge in [0.2, 0.25) is 0 Å². The molecular formula is C14H15I. The van der Waals surface area contributed by atoms with E-state index < -0.39 is 0 Å². The Labute approximate surface area is 105 Å². The molecule has 0 saturated heterocycles. The molecule has 15 heavy (non-hydrogen) atoms. The molecule has 0 saturated carbocycles. The molecule has 1 heteroatoms. The highest BCUT2D eigenvalue weighted by molar-refractivity contribution is 14.1. The standard InChI is InChI=1S/C14H15I/c1-2-3-6-12-10-9-11-7-4-5-8-13(11)14(12)15/h2-3,5-6,8-9H,4,7,10H2,1H3/b3-2-,12-6+. The summed E-state index contributed by atoms with van der Waals surface area (Å²) in [6, 6.07) is 0. The fraction of sp³-hybridized carbons (Fsp3) is 0.286. The molecule has 0 nitrogen and oxygen atoms in total. The van der Waals surface area contributed by atoms with Crippen molar-refractivity contribution in [1.29, 1.82) is 0 Å². The number of halogens is 1. The van der Waals surface area contributed by atoms with E-state index in [4.69, 9.17) is 0 Å². The molecule has 0 aliphatic heterocycles. The van der Waals surface area contributed by atoms with E-state index in [0.717, 1.165) is 6.42 Å². The molecule has 0 fully saturated rings. The molecule has 0 unspecified atom stereocenters. The number of fused-ring (bicyclic) bond motifs is 1. The van der Waals surface area contributed by atoms with Crippen molar-refractivity contribution in [2.75, 3.05) is 0 Å². The van der Waals surface area contributed by atoms with Gasteiger partial charge in [0.05, 0.1) is 0 Å². The van der Waals surface area contributed by atoms with Gasteiger partial charge >= 0.3 is 0 Å². The lowest BCUT2D eigenvalue weighted by Crippen LogP contribution is -2.01. The molecule has 0 aromatic heterocycles. The third-order valence-electron chi connectivity index (χ3n) is 2.79. The Morgan fingerprint density at radius 2 is 2.27 bits per heavy atom. The van der Waals surface area contributed by atoms with E-state index in [1.54, 1.807) is 5.57 Å². The van der Waals surface area contributed by atoms with Crippen LogP contribution in [0.15, 0.2) is 56.8 Å². The predicted molar refractivity (Wildman–Crippen MR) is 75.0 cm³/mol. The van der Waals surface area contributed by atoms with Gasteiger partial charge in [0, 0.05) is 3.58 Å². The van der Waals surface area contributed by atoms with Gasteiger partial charge in [0.1, 0.15) is 0 Å². The quantitative estimate of drug-likeness (QED) is 0.607. The number of allylic oxidation sites excluding steroid dienone is 10. The van der Waals surface area contributed by atoms with Crippen LogP contribution in [0.25, 0.3) is 0 Å². The van der Waals surface area contributed by atoms with E-state index >= 15 is 0 Å². The van der Waals surface area contributed by atoms with Crippen molar-refractivity contribution in [3.63, 3.8) is 0 Å². The van der Waals surface area contributed by atoms with Crippen LogP contribution in [0, 0.1) is 0 Å². The lowest BCUT2D eigenvalue weighted by atomic mass is 9.88. The zero-order valence-corrected chi connectivity index (χ0v) is 11.1. The van der Waals surface area contributed by atoms with Gasteiger partial charge in [-0.05, 0) is 65.5 Å². The topological polar surface area (TPSA) is 0 Å². The maximum absolute atomic E-state index is 2.48. The Morgan fingerprint density at radius 1 is 1.40 bits per heavy atom. The van der Waals surface area contributed by atoms with E-state index in [1.165, 1.54) is 27.6 Å². The van der Waals surface area contributed by atoms with Gasteiger partial charge in [-0.2, -0.15) is 0 Å². The molecular weight excluding hydrogens is 295 g/mol. The summed E-state index contributed by atoms with van der Waals surface area (Å²) < 4.78 is 1.43. The first kappa shape index (κ1) is 10.9. The second-order valence-electron chi connectivity index (χ2n) is 3.82. The van der Waals surface area contributed by atoms with Crippen LogP contribution >= 0.6 is 22.6 Å². The highest BCUT2D eigenvalue weighted by Gasteiger charge is 2.17. The predicted octanol–water partition coefficient (Wildman–Crippen LogP) is 4.86. The number of hydrogen-bond acceptors (Lipinski definition) is 0. The summed E-state index contributed by atoms with van der Waals surface area (Å²) in [7, 11) is 0. The molecule has 78 valence electrons. The van der Waals surface area contributed by atoms with Crippen LogP contribution in [-0.2, 0) is 0 Å². The van der Waals surface area contributed by atoms with Crippen molar-refractivity contribution < 1.29 is 0 Å². The molecule has 2 aliphatic rings. The Kier molecular flexibility index (Phi) is 3.62. The summed E-state index contributed by atoms with van der Waals surface area (Å²) in [6.45, 7) is 2.06. The van der Waals surface area contributed by atoms with Crippen LogP contribution in [0.4, 0.5) is 0 Å². The third-order valence-corrected chi connectivity index (χ3v) is 4.06. The summed E-state index contributed by atoms with van der Waals surface area (Å²) in [6.07, 6.45) is 16.9. The minimum absolute atomic E-state index is 1.09. The maximum Gasteiger partial charge on any atom is 0.0240 e. The summed E-state index contributed by atoms with van der Waals surface area (Å²) in [5.74, 6) is 0. The van der Waals surface area contributed by atoms with Gasteiger partial charge in [0.25, 0.3) is 0 Å². The minimum atomic E-state index is 1.09. The zero-order chi connectivity index (χ0) is 10.7. The van der Waals surface area contributed by atoms with E-state index in [9.17, 15) is 0 Å². The van der Waals surface area contributed by atoms with Crippen molar-refractivity contribution in [1.82, 2.24) is 0 Å². The van der Waals surface area contributed by atoms with Crippen LogP contribution in [0.5, 0.6) is 0 Å². The molecule has 2 aliphatic carbocycles. The van der Waals surface area contributed by atoms with E-state index in [0.29, 0.717) is 0 Å². The first-order chi connectivity index (χ1) is 7.33. The monoisotopic (exact) mass is 310 g/mol. The van der Waals surface area contributed by atoms with Crippen molar-refractivity contribution in [3.05, 3.63) is 56.8 Å². The fourth-order valence-electron chi connectivity index (χ4n) is 1.96. The minimum Gasteiger partial charge on any atom is -0.0877 e. The lowest BCUT2D eigenvalue weighted by Gasteiger charge is -2.21. The van der Waals surface area contributed by atoms with Gasteiger partial charge in [-0.3, -0.25) is 0 Å². The second-order valence-corrected chi connectivity index (χ2v) is 4.90. The van der Waals surface area contributed by atoms with Gasteiger partial charge < -0.3 is 0 Å². The lowest BCUT2D eigenvalue weighted by molar-refractivity contribution is 0.944. The molecule has 0 heterocycles. The van der Waals surface area contributed by atoms with E-state index in [1.807, 2.05) is 0 Å². The van der Waals surface area contributed by atoms with Gasteiger partial charge in [0.15, 0.2) is 0 Å². The van der Waals surface area contributed by atoms with Gasteiger partial charge in [-0.15, -0.1) is 0 Å². The highest BCUT2D eigenvalue weighted by Crippen LogP contribution is 2.38. The zero-order valence-electron chi connectivity index (χ0n) is 8.96. The summed E-state index contributed by atoms with van der Waals surface area (Å²) in [5, 5.41) is 0. The smallest absolute Gasteiger partial charge is 0.0240 e. The Balaban J connectivity index is 2.38. The Hall–Kier alpha value is -0.570. The average Bonchev–Trinajstić information content (AvgIpc) is 2.29. The largest absolute Gasteiger partial charge is 0.0877 e. The van der Waals surface area contributed by atoms with Gasteiger partial charge in [-0.1, -0.05) is 36.5 Å². The average molecular weight is 310 g/mol. The van der Waals surface area contributed by atoms with Crippen LogP contribution in [0.1, 0.15) is 26.2 Å². The van der Waals surface area contributed by atoms with Crippen LogP contribution in [0.2, 0.25) is 0 Å². The van der Waals surface area contributed by atoms with Crippen molar-refractivity contribution in [2.24, 2.45) is 0 Å². The van der Waals surface area contributed by atoms with Crippen LogP contribution < -0.4 is 0 Å². The molecule has 0 radical (unpaired) electrons. The summed E-state index contributed by atoms with van der Waals surface area (Å²) in [4.78, 5) is 0. The third kappa shape index (κ3) is 2.33. The van der Waals surface area contributed by atoms with E-state index in [-0.39, 0.29) is 0 Å². The highest BCUT2D eigenvalue weighted by atomic mass is 127. The summed E-state index contributed by atoms with van der Waals surface area (Å²) >= 11 is 2.48. The number of rotatable bonds is 1. The van der Waals surface area contributed by atoms with E-state index in [2.05, 4.69) is 66.0 Å². The normalized spacial score (nSPS) is 23.6. The molecule has 2 rings (SSSR count). The molecule has 0 amide bonds.